The first-order chi connectivity index (χ1) is 6.27. The molecule has 1 N–H and O–H groups in total. The third kappa shape index (κ3) is 2.84. The third-order valence-corrected chi connectivity index (χ3v) is 2.46. The van der Waals surface area contributed by atoms with Crippen LogP contribution >= 0.6 is 0 Å². The lowest BCUT2D eigenvalue weighted by atomic mass is 10.2. The molecule has 0 aliphatic rings. The van der Waals surface area contributed by atoms with E-state index in [0.29, 0.717) is 6.04 Å². The summed E-state index contributed by atoms with van der Waals surface area (Å²) in [6.07, 6.45) is 6.18. The molecule has 0 aliphatic heterocycles. The summed E-state index contributed by atoms with van der Waals surface area (Å²) in [4.78, 5) is 4.26. The third-order valence-electron chi connectivity index (χ3n) is 2.46. The molecule has 0 unspecified atom stereocenters. The standard InChI is InChI=1S/C10H19N3/c1-4-9(5-2)12-8-10-11-6-7-13(10)3/h6-7,9,12H,4-5,8H2,1-3H3. The highest BCUT2D eigenvalue weighted by Crippen LogP contribution is 1.99. The Morgan fingerprint density at radius 3 is 2.62 bits per heavy atom. The fraction of sp³-hybridized carbons (Fsp3) is 0.700. The number of imidazole rings is 1. The summed E-state index contributed by atoms with van der Waals surface area (Å²) in [5.41, 5.74) is 0. The van der Waals surface area contributed by atoms with Gasteiger partial charge in [0.15, 0.2) is 0 Å². The predicted molar refractivity (Wildman–Crippen MR) is 54.4 cm³/mol. The average Bonchev–Trinajstić information content (AvgIpc) is 2.54. The van der Waals surface area contributed by atoms with E-state index in [9.17, 15) is 0 Å². The Morgan fingerprint density at radius 2 is 2.15 bits per heavy atom. The summed E-state index contributed by atoms with van der Waals surface area (Å²) in [6, 6.07) is 0.622. The van der Waals surface area contributed by atoms with Gasteiger partial charge in [-0.25, -0.2) is 4.98 Å². The minimum atomic E-state index is 0.622. The van der Waals surface area contributed by atoms with Gasteiger partial charge in [0.2, 0.25) is 0 Å². The summed E-state index contributed by atoms with van der Waals surface area (Å²) < 4.78 is 2.05. The van der Waals surface area contributed by atoms with Crippen LogP contribution in [-0.2, 0) is 13.6 Å². The van der Waals surface area contributed by atoms with Crippen molar-refractivity contribution < 1.29 is 0 Å². The number of hydrogen-bond acceptors (Lipinski definition) is 2. The van der Waals surface area contributed by atoms with Crippen molar-refractivity contribution in [2.75, 3.05) is 0 Å². The van der Waals surface area contributed by atoms with Gasteiger partial charge < -0.3 is 9.88 Å². The van der Waals surface area contributed by atoms with Gasteiger partial charge >= 0.3 is 0 Å². The molecule has 1 heterocycles. The molecule has 0 aliphatic carbocycles. The largest absolute Gasteiger partial charge is 0.337 e. The van der Waals surface area contributed by atoms with Gasteiger partial charge in [-0.05, 0) is 12.8 Å². The van der Waals surface area contributed by atoms with Crippen molar-refractivity contribution in [1.82, 2.24) is 14.9 Å². The van der Waals surface area contributed by atoms with E-state index in [1.165, 1.54) is 12.8 Å². The number of aromatic nitrogens is 2. The van der Waals surface area contributed by atoms with E-state index in [0.717, 1.165) is 12.4 Å². The first kappa shape index (κ1) is 10.3. The Morgan fingerprint density at radius 1 is 1.46 bits per heavy atom. The second-order valence-corrected chi connectivity index (χ2v) is 3.35. The monoisotopic (exact) mass is 181 g/mol. The molecule has 0 saturated carbocycles. The zero-order valence-electron chi connectivity index (χ0n) is 8.75. The van der Waals surface area contributed by atoms with E-state index in [-0.39, 0.29) is 0 Å². The van der Waals surface area contributed by atoms with Crippen LogP contribution in [0.4, 0.5) is 0 Å². The van der Waals surface area contributed by atoms with Gasteiger partial charge in [-0.3, -0.25) is 0 Å². The second-order valence-electron chi connectivity index (χ2n) is 3.35. The maximum atomic E-state index is 4.26. The molecule has 1 rings (SSSR count). The molecule has 13 heavy (non-hydrogen) atoms. The molecule has 0 fully saturated rings. The van der Waals surface area contributed by atoms with E-state index in [4.69, 9.17) is 0 Å². The molecule has 0 amide bonds. The Hall–Kier alpha value is -0.830. The predicted octanol–water partition coefficient (Wildman–Crippen LogP) is 1.70. The molecule has 3 nitrogen and oxygen atoms in total. The quantitative estimate of drug-likeness (QED) is 0.749. The summed E-state index contributed by atoms with van der Waals surface area (Å²) in [5, 5.41) is 3.48. The first-order valence-electron chi connectivity index (χ1n) is 4.97. The molecular formula is C10H19N3. The number of hydrogen-bond donors (Lipinski definition) is 1. The van der Waals surface area contributed by atoms with Crippen LogP contribution in [0.15, 0.2) is 12.4 Å². The number of aryl methyl sites for hydroxylation is 1. The van der Waals surface area contributed by atoms with Gasteiger partial charge in [-0.2, -0.15) is 0 Å². The van der Waals surface area contributed by atoms with E-state index in [2.05, 4.69) is 28.7 Å². The van der Waals surface area contributed by atoms with Crippen LogP contribution in [0, 0.1) is 0 Å². The molecule has 74 valence electrons. The zero-order chi connectivity index (χ0) is 9.68. The van der Waals surface area contributed by atoms with Gasteiger partial charge in [0.25, 0.3) is 0 Å². The maximum absolute atomic E-state index is 4.26. The molecule has 1 aromatic rings. The Labute approximate surface area is 80.2 Å². The van der Waals surface area contributed by atoms with Crippen LogP contribution in [0.25, 0.3) is 0 Å². The van der Waals surface area contributed by atoms with Crippen molar-refractivity contribution in [2.24, 2.45) is 7.05 Å². The Kier molecular flexibility index (Phi) is 3.96. The van der Waals surface area contributed by atoms with E-state index >= 15 is 0 Å². The molecule has 0 saturated heterocycles. The molecule has 1 aromatic heterocycles. The molecule has 3 heteroatoms. The van der Waals surface area contributed by atoms with Gasteiger partial charge in [0, 0.05) is 25.5 Å². The van der Waals surface area contributed by atoms with Gasteiger partial charge in [-0.15, -0.1) is 0 Å². The second kappa shape index (κ2) is 5.02. The normalized spacial score (nSPS) is 11.1. The lowest BCUT2D eigenvalue weighted by Crippen LogP contribution is -2.28. The highest BCUT2D eigenvalue weighted by molar-refractivity contribution is 4.90. The minimum absolute atomic E-state index is 0.622. The first-order valence-corrected chi connectivity index (χ1v) is 4.97. The molecule has 0 aromatic carbocycles. The van der Waals surface area contributed by atoms with E-state index in [1.54, 1.807) is 0 Å². The molecule has 0 bridgehead atoms. The summed E-state index contributed by atoms with van der Waals surface area (Å²) >= 11 is 0. The van der Waals surface area contributed by atoms with Crippen molar-refractivity contribution in [3.63, 3.8) is 0 Å². The van der Waals surface area contributed by atoms with Crippen LogP contribution in [-0.4, -0.2) is 15.6 Å². The zero-order valence-corrected chi connectivity index (χ0v) is 8.75. The number of nitrogens with zero attached hydrogens (tertiary/aromatic N) is 2. The van der Waals surface area contributed by atoms with Crippen molar-refractivity contribution in [2.45, 2.75) is 39.3 Å². The fourth-order valence-corrected chi connectivity index (χ4v) is 1.38. The lowest BCUT2D eigenvalue weighted by molar-refractivity contribution is 0.471. The topological polar surface area (TPSA) is 29.9 Å². The van der Waals surface area contributed by atoms with Crippen LogP contribution in [0.1, 0.15) is 32.5 Å². The molecule has 0 atom stereocenters. The minimum Gasteiger partial charge on any atom is -0.337 e. The highest BCUT2D eigenvalue weighted by Gasteiger charge is 2.03. The van der Waals surface area contributed by atoms with E-state index < -0.39 is 0 Å². The van der Waals surface area contributed by atoms with Gasteiger partial charge in [0.1, 0.15) is 5.82 Å². The summed E-state index contributed by atoms with van der Waals surface area (Å²) in [6.45, 7) is 5.29. The van der Waals surface area contributed by atoms with Gasteiger partial charge in [-0.1, -0.05) is 13.8 Å². The van der Waals surface area contributed by atoms with Crippen LogP contribution in [0.3, 0.4) is 0 Å². The van der Waals surface area contributed by atoms with Crippen LogP contribution in [0.2, 0.25) is 0 Å². The smallest absolute Gasteiger partial charge is 0.122 e. The summed E-state index contributed by atoms with van der Waals surface area (Å²) in [5.74, 6) is 1.10. The van der Waals surface area contributed by atoms with Crippen LogP contribution < -0.4 is 5.32 Å². The van der Waals surface area contributed by atoms with Crippen molar-refractivity contribution >= 4 is 0 Å². The van der Waals surface area contributed by atoms with Gasteiger partial charge in [0.05, 0.1) is 6.54 Å². The molecule has 0 spiro atoms. The Bertz CT molecular complexity index is 238. The average molecular weight is 181 g/mol. The van der Waals surface area contributed by atoms with Crippen molar-refractivity contribution in [3.8, 4) is 0 Å². The highest BCUT2D eigenvalue weighted by atomic mass is 15.1. The Balaban J connectivity index is 2.38. The number of nitrogens with one attached hydrogen (secondary N) is 1. The number of rotatable bonds is 5. The maximum Gasteiger partial charge on any atom is 0.122 e. The summed E-state index contributed by atoms with van der Waals surface area (Å²) in [7, 11) is 2.02. The lowest BCUT2D eigenvalue weighted by Gasteiger charge is -2.13. The van der Waals surface area contributed by atoms with Crippen molar-refractivity contribution in [1.29, 1.82) is 0 Å². The molecular weight excluding hydrogens is 162 g/mol. The molecule has 0 radical (unpaired) electrons. The fourth-order valence-electron chi connectivity index (χ4n) is 1.38. The SMILES string of the molecule is CCC(CC)NCc1nccn1C. The van der Waals surface area contributed by atoms with E-state index in [1.807, 2.05) is 19.4 Å². The van der Waals surface area contributed by atoms with Crippen LogP contribution in [0.5, 0.6) is 0 Å². The van der Waals surface area contributed by atoms with Crippen molar-refractivity contribution in [3.05, 3.63) is 18.2 Å².